The molecule has 1 saturated heterocycles. The highest BCUT2D eigenvalue weighted by Crippen LogP contribution is 2.44. The molecule has 258 valence electrons. The second-order valence-electron chi connectivity index (χ2n) is 12.8. The van der Waals surface area contributed by atoms with E-state index in [1.54, 1.807) is 35.7 Å². The lowest BCUT2D eigenvalue weighted by atomic mass is 9.92. The zero-order valence-corrected chi connectivity index (χ0v) is 27.7. The van der Waals surface area contributed by atoms with Crippen LogP contribution < -0.4 is 15.1 Å². The Hall–Kier alpha value is -4.85. The molecule has 0 bridgehead atoms. The van der Waals surface area contributed by atoms with Crippen molar-refractivity contribution >= 4 is 41.2 Å². The first-order valence-electron chi connectivity index (χ1n) is 16.8. The summed E-state index contributed by atoms with van der Waals surface area (Å²) in [5.74, 6) is 1.02. The van der Waals surface area contributed by atoms with Gasteiger partial charge in [0.1, 0.15) is 11.5 Å². The van der Waals surface area contributed by atoms with Crippen LogP contribution in [-0.2, 0) is 38.5 Å². The smallest absolute Gasteiger partial charge is 0.264 e. The molecule has 0 spiro atoms. The van der Waals surface area contributed by atoms with Gasteiger partial charge >= 0.3 is 0 Å². The summed E-state index contributed by atoms with van der Waals surface area (Å²) < 4.78 is 39.3. The molecule has 49 heavy (non-hydrogen) atoms. The number of hydrogen-bond donors (Lipinski definition) is 1. The number of amides is 3. The van der Waals surface area contributed by atoms with Crippen LogP contribution in [0.25, 0.3) is 16.8 Å². The Morgan fingerprint density at radius 2 is 1.98 bits per heavy atom. The zero-order chi connectivity index (χ0) is 34.2. The average Bonchev–Trinajstić information content (AvgIpc) is 3.72. The van der Waals surface area contributed by atoms with Crippen LogP contribution in [-0.4, -0.2) is 82.2 Å². The highest BCUT2D eigenvalue weighted by Gasteiger charge is 2.34. The molecule has 1 fully saturated rings. The number of halogens is 2. The van der Waals surface area contributed by atoms with Crippen LogP contribution in [0.2, 0.25) is 0 Å². The zero-order valence-electron chi connectivity index (χ0n) is 27.7. The van der Waals surface area contributed by atoms with Crippen LogP contribution in [0.5, 0.6) is 0 Å². The van der Waals surface area contributed by atoms with E-state index in [-0.39, 0.29) is 36.4 Å². The van der Waals surface area contributed by atoms with Crippen LogP contribution in [0.1, 0.15) is 67.5 Å². The van der Waals surface area contributed by atoms with Crippen molar-refractivity contribution in [3.8, 4) is 11.1 Å². The van der Waals surface area contributed by atoms with Gasteiger partial charge in [-0.25, -0.2) is 13.8 Å². The molecule has 3 amide bonds. The fourth-order valence-corrected chi connectivity index (χ4v) is 7.36. The molecule has 1 N–H and O–H groups in total. The average molecular weight is 675 g/mol. The van der Waals surface area contributed by atoms with Gasteiger partial charge in [0.15, 0.2) is 5.82 Å². The van der Waals surface area contributed by atoms with Crippen molar-refractivity contribution in [1.82, 2.24) is 29.4 Å². The Bertz CT molecular complexity index is 1900. The van der Waals surface area contributed by atoms with Gasteiger partial charge in [-0.05, 0) is 66.6 Å². The molecular weight excluding hydrogens is 634 g/mol. The molecule has 0 atom stereocenters. The first kappa shape index (κ1) is 32.7. The molecule has 7 rings (SSSR count). The Morgan fingerprint density at radius 3 is 2.71 bits per heavy atom. The summed E-state index contributed by atoms with van der Waals surface area (Å²) in [4.78, 5) is 45.8. The predicted molar refractivity (Wildman–Crippen MR) is 179 cm³/mol. The maximum atomic E-state index is 14.9. The fraction of sp³-hybridized carbons (Fsp3) is 0.457. The SMILES string of the molecule is CNC(=O)CCN(C=O)c1cnc2cc(-c3cc4c(cc3C(F)F)N(c3nn(C5CCOCC5)c5c3CN(C(C)=O)CC5)CCC4)ccn12. The van der Waals surface area contributed by atoms with E-state index in [2.05, 4.69) is 19.9 Å². The van der Waals surface area contributed by atoms with E-state index in [1.165, 1.54) is 18.1 Å². The number of imidazole rings is 1. The second kappa shape index (κ2) is 13.6. The van der Waals surface area contributed by atoms with Crippen molar-refractivity contribution < 1.29 is 27.9 Å². The number of hydrogen-bond acceptors (Lipinski definition) is 7. The van der Waals surface area contributed by atoms with Crippen LogP contribution in [0.15, 0.2) is 36.7 Å². The summed E-state index contributed by atoms with van der Waals surface area (Å²) >= 11 is 0. The number of pyridine rings is 1. The van der Waals surface area contributed by atoms with E-state index in [0.717, 1.165) is 48.3 Å². The third-order valence-electron chi connectivity index (χ3n) is 9.99. The summed E-state index contributed by atoms with van der Waals surface area (Å²) in [6, 6.07) is 7.14. The van der Waals surface area contributed by atoms with E-state index >= 15 is 0 Å². The largest absolute Gasteiger partial charge is 0.381 e. The standard InChI is InChI=1S/C35H40F2N8O4/c1-22(47)41-11-6-29-28(20-41)35(40-45(29)25-8-14-49-15-9-25)43-10-3-4-24-16-26(27(34(36)37)18-30(24)43)23-5-13-44-31(17-23)39-19-33(44)42(21-46)12-7-32(48)38-2/h5,13,16-19,21,25,34H,3-4,6-12,14-15,20H2,1-2H3,(H,38,48). The maximum Gasteiger partial charge on any atom is 0.264 e. The van der Waals surface area contributed by atoms with Crippen molar-refractivity contribution in [3.05, 3.63) is 59.0 Å². The van der Waals surface area contributed by atoms with Crippen LogP contribution in [0, 0.1) is 0 Å². The molecule has 0 radical (unpaired) electrons. The number of carbonyl (C=O) groups excluding carboxylic acids is 3. The van der Waals surface area contributed by atoms with Crippen molar-refractivity contribution in [3.63, 3.8) is 0 Å². The van der Waals surface area contributed by atoms with E-state index in [1.807, 2.05) is 11.0 Å². The number of nitrogens with one attached hydrogen (secondary N) is 1. The van der Waals surface area contributed by atoms with E-state index in [0.29, 0.717) is 74.0 Å². The molecule has 3 aromatic heterocycles. The quantitative estimate of drug-likeness (QED) is 0.259. The fourth-order valence-electron chi connectivity index (χ4n) is 7.36. The number of carbonyl (C=O) groups is 3. The molecule has 0 unspecified atom stereocenters. The van der Waals surface area contributed by atoms with Crippen LogP contribution in [0.3, 0.4) is 0 Å². The lowest BCUT2D eigenvalue weighted by Gasteiger charge is -2.33. The molecular formula is C35H40F2N8O4. The molecule has 3 aliphatic rings. The number of nitrogens with zero attached hydrogens (tertiary/aromatic N) is 7. The summed E-state index contributed by atoms with van der Waals surface area (Å²) in [5.41, 5.74) is 5.17. The van der Waals surface area contributed by atoms with Crippen molar-refractivity contribution in [2.45, 2.75) is 64.5 Å². The van der Waals surface area contributed by atoms with Crippen molar-refractivity contribution in [2.75, 3.05) is 49.7 Å². The van der Waals surface area contributed by atoms with E-state index in [4.69, 9.17) is 9.84 Å². The molecule has 3 aliphatic heterocycles. The first-order valence-corrected chi connectivity index (χ1v) is 16.8. The molecule has 4 aromatic rings. The third kappa shape index (κ3) is 6.13. The van der Waals surface area contributed by atoms with Crippen LogP contribution in [0.4, 0.5) is 26.1 Å². The number of fused-ring (bicyclic) bond motifs is 3. The molecule has 12 nitrogen and oxygen atoms in total. The molecule has 0 aliphatic carbocycles. The summed E-state index contributed by atoms with van der Waals surface area (Å²) in [6.45, 7) is 4.77. The van der Waals surface area contributed by atoms with Gasteiger partial charge in [0, 0.05) is 88.4 Å². The summed E-state index contributed by atoms with van der Waals surface area (Å²) in [7, 11) is 1.53. The number of alkyl halides is 2. The van der Waals surface area contributed by atoms with Gasteiger partial charge in [0.2, 0.25) is 18.2 Å². The number of aromatic nitrogens is 4. The number of anilines is 3. The van der Waals surface area contributed by atoms with Crippen molar-refractivity contribution in [1.29, 1.82) is 0 Å². The highest BCUT2D eigenvalue weighted by molar-refractivity contribution is 5.82. The Kier molecular flexibility index (Phi) is 9.05. The topological polar surface area (TPSA) is 117 Å². The van der Waals surface area contributed by atoms with E-state index in [9.17, 15) is 23.2 Å². The minimum absolute atomic E-state index is 0.00316. The number of ether oxygens (including phenoxy) is 1. The maximum absolute atomic E-state index is 14.9. The van der Waals surface area contributed by atoms with E-state index < -0.39 is 6.43 Å². The lowest BCUT2D eigenvalue weighted by Crippen LogP contribution is -2.36. The highest BCUT2D eigenvalue weighted by atomic mass is 19.3. The number of benzene rings is 1. The predicted octanol–water partition coefficient (Wildman–Crippen LogP) is 4.57. The normalized spacial score (nSPS) is 16.5. The Labute approximate surface area is 282 Å². The summed E-state index contributed by atoms with van der Waals surface area (Å²) in [6.07, 6.45) is 5.20. The van der Waals surface area contributed by atoms with Gasteiger partial charge in [0.25, 0.3) is 6.43 Å². The van der Waals surface area contributed by atoms with Crippen molar-refractivity contribution in [2.24, 2.45) is 0 Å². The van der Waals surface area contributed by atoms with Gasteiger partial charge < -0.3 is 19.9 Å². The van der Waals surface area contributed by atoms with Gasteiger partial charge in [-0.1, -0.05) is 0 Å². The molecule has 0 saturated carbocycles. The van der Waals surface area contributed by atoms with Gasteiger partial charge in [-0.2, -0.15) is 5.10 Å². The molecule has 6 heterocycles. The monoisotopic (exact) mass is 674 g/mol. The second-order valence-corrected chi connectivity index (χ2v) is 12.8. The Balaban J connectivity index is 1.26. The first-order chi connectivity index (χ1) is 23.8. The molecule has 1 aromatic carbocycles. The minimum Gasteiger partial charge on any atom is -0.381 e. The minimum atomic E-state index is -2.74. The lowest BCUT2D eigenvalue weighted by molar-refractivity contribution is -0.129. The number of aryl methyl sites for hydroxylation is 1. The van der Waals surface area contributed by atoms with Gasteiger partial charge in [-0.3, -0.25) is 28.4 Å². The van der Waals surface area contributed by atoms with Gasteiger partial charge in [0.05, 0.1) is 18.8 Å². The number of rotatable bonds is 9. The Morgan fingerprint density at radius 1 is 1.16 bits per heavy atom. The summed E-state index contributed by atoms with van der Waals surface area (Å²) in [5, 5.41) is 7.71. The molecule has 14 heteroatoms. The van der Waals surface area contributed by atoms with Gasteiger partial charge in [-0.15, -0.1) is 0 Å². The third-order valence-corrected chi connectivity index (χ3v) is 9.99. The van der Waals surface area contributed by atoms with Crippen LogP contribution >= 0.6 is 0 Å².